The number of nitrogens with two attached hydrogens (primary N) is 1. The molecule has 0 atom stereocenters. The smallest absolute Gasteiger partial charge is 0.266 e. The molecule has 19 heavy (non-hydrogen) atoms. The molecule has 2 aromatic rings. The number of ether oxygens (including phenoxy) is 2. The third-order valence-corrected chi connectivity index (χ3v) is 3.06. The summed E-state index contributed by atoms with van der Waals surface area (Å²) in [5, 5.41) is 13.7. The van der Waals surface area contributed by atoms with Crippen molar-refractivity contribution < 1.29 is 14.7 Å². The fraction of sp³-hybridized carbons (Fsp3) is 0.0714. The molecule has 0 amide bonds. The van der Waals surface area contributed by atoms with E-state index in [0.717, 1.165) is 16.3 Å². The van der Waals surface area contributed by atoms with Crippen LogP contribution in [0.5, 0.6) is 0 Å². The zero-order valence-electron chi connectivity index (χ0n) is 9.98. The van der Waals surface area contributed by atoms with Gasteiger partial charge >= 0.3 is 0 Å². The number of fused-ring (bicyclic) bond motifs is 1. The highest BCUT2D eigenvalue weighted by molar-refractivity contribution is 6.09. The quantitative estimate of drug-likeness (QED) is 0.374. The van der Waals surface area contributed by atoms with E-state index in [-0.39, 0.29) is 5.84 Å². The van der Waals surface area contributed by atoms with Crippen LogP contribution >= 0.6 is 0 Å². The van der Waals surface area contributed by atoms with Crippen molar-refractivity contribution in [2.75, 3.05) is 0 Å². The first-order valence-corrected chi connectivity index (χ1v) is 5.77. The van der Waals surface area contributed by atoms with E-state index in [1.807, 2.05) is 30.3 Å². The molecule has 0 bridgehead atoms. The summed E-state index contributed by atoms with van der Waals surface area (Å²) >= 11 is 0. The second-order valence-electron chi connectivity index (χ2n) is 4.11. The van der Waals surface area contributed by atoms with E-state index in [4.69, 9.17) is 20.4 Å². The van der Waals surface area contributed by atoms with Crippen LogP contribution in [0.4, 0.5) is 0 Å². The van der Waals surface area contributed by atoms with Crippen LogP contribution < -0.4 is 5.73 Å². The van der Waals surface area contributed by atoms with Gasteiger partial charge in [0.05, 0.1) is 0 Å². The zero-order valence-corrected chi connectivity index (χ0v) is 9.98. The number of hydrogen-bond donors (Lipinski definition) is 2. The number of benzene rings is 2. The molecule has 5 heteroatoms. The lowest BCUT2D eigenvalue weighted by molar-refractivity contribution is -0.0234. The highest BCUT2D eigenvalue weighted by atomic mass is 16.7. The summed E-state index contributed by atoms with van der Waals surface area (Å²) in [4.78, 5) is 0. The number of rotatable bonds is 2. The van der Waals surface area contributed by atoms with Gasteiger partial charge in [0.25, 0.3) is 6.29 Å². The zero-order chi connectivity index (χ0) is 13.2. The summed E-state index contributed by atoms with van der Waals surface area (Å²) in [5.41, 5.74) is 7.26. The molecule has 1 aliphatic rings. The van der Waals surface area contributed by atoms with Gasteiger partial charge in [-0.2, -0.15) is 0 Å². The second kappa shape index (κ2) is 4.53. The fourth-order valence-corrected chi connectivity index (χ4v) is 2.19. The Bertz CT molecular complexity index is 671. The largest absolute Gasteiger partial charge is 0.455 e. The van der Waals surface area contributed by atoms with Crippen molar-refractivity contribution in [1.29, 1.82) is 0 Å². The lowest BCUT2D eigenvalue weighted by Gasteiger charge is -2.15. The van der Waals surface area contributed by atoms with E-state index in [1.54, 1.807) is 6.07 Å². The predicted octanol–water partition coefficient (Wildman–Crippen LogP) is 2.45. The molecule has 3 rings (SSSR count). The van der Waals surface area contributed by atoms with Crippen LogP contribution in [0.15, 0.2) is 54.1 Å². The fourth-order valence-electron chi connectivity index (χ4n) is 2.19. The number of nitrogens with zero attached hydrogens (tertiary/aromatic N) is 1. The van der Waals surface area contributed by atoms with Gasteiger partial charge in [0.1, 0.15) is 12.5 Å². The normalized spacial score (nSPS) is 15.5. The highest BCUT2D eigenvalue weighted by Gasteiger charge is 2.19. The number of amidine groups is 1. The SMILES string of the molecule is N/C(=N\O)c1ccc(C2OC=CO2)c2ccccc12. The Kier molecular flexibility index (Phi) is 2.72. The van der Waals surface area contributed by atoms with Gasteiger partial charge in [-0.3, -0.25) is 0 Å². The van der Waals surface area contributed by atoms with E-state index in [2.05, 4.69) is 5.16 Å². The molecule has 0 spiro atoms. The third kappa shape index (κ3) is 1.85. The topological polar surface area (TPSA) is 77.1 Å². The average molecular weight is 256 g/mol. The van der Waals surface area contributed by atoms with Crippen LogP contribution in [-0.2, 0) is 9.47 Å². The molecule has 0 aromatic heterocycles. The average Bonchev–Trinajstić information content (AvgIpc) is 2.99. The Morgan fingerprint density at radius 2 is 1.74 bits per heavy atom. The van der Waals surface area contributed by atoms with Crippen molar-refractivity contribution in [2.45, 2.75) is 6.29 Å². The molecular formula is C14H12N2O3. The lowest BCUT2D eigenvalue weighted by Crippen LogP contribution is -2.14. The third-order valence-electron chi connectivity index (χ3n) is 3.06. The predicted molar refractivity (Wildman–Crippen MR) is 70.5 cm³/mol. The summed E-state index contributed by atoms with van der Waals surface area (Å²) in [6.45, 7) is 0. The van der Waals surface area contributed by atoms with Gasteiger partial charge in [-0.05, 0) is 16.8 Å². The minimum absolute atomic E-state index is 0.0779. The Morgan fingerprint density at radius 3 is 2.42 bits per heavy atom. The van der Waals surface area contributed by atoms with Gasteiger partial charge in [0.15, 0.2) is 5.84 Å². The summed E-state index contributed by atoms with van der Waals surface area (Å²) in [6.07, 6.45) is 2.57. The van der Waals surface area contributed by atoms with Crippen LogP contribution in [0, 0.1) is 0 Å². The molecule has 0 aliphatic carbocycles. The first kappa shape index (κ1) is 11.4. The van der Waals surface area contributed by atoms with Crippen LogP contribution in [0.25, 0.3) is 10.8 Å². The highest BCUT2D eigenvalue weighted by Crippen LogP contribution is 2.32. The van der Waals surface area contributed by atoms with Gasteiger partial charge in [-0.1, -0.05) is 35.5 Å². The Labute approximate surface area is 109 Å². The summed E-state index contributed by atoms with van der Waals surface area (Å²) in [7, 11) is 0. The van der Waals surface area contributed by atoms with Crippen LogP contribution in [0.1, 0.15) is 17.4 Å². The Morgan fingerprint density at radius 1 is 1.05 bits per heavy atom. The van der Waals surface area contributed by atoms with Gasteiger partial charge in [-0.15, -0.1) is 0 Å². The van der Waals surface area contributed by atoms with Gasteiger partial charge in [0, 0.05) is 11.1 Å². The van der Waals surface area contributed by atoms with Crippen molar-refractivity contribution in [1.82, 2.24) is 0 Å². The first-order chi connectivity index (χ1) is 9.31. The Hall–Kier alpha value is -2.69. The molecule has 0 saturated carbocycles. The van der Waals surface area contributed by atoms with Crippen molar-refractivity contribution in [2.24, 2.45) is 10.9 Å². The number of oxime groups is 1. The molecule has 5 nitrogen and oxygen atoms in total. The van der Waals surface area contributed by atoms with Crippen LogP contribution in [0.3, 0.4) is 0 Å². The van der Waals surface area contributed by atoms with Gasteiger partial charge in [0.2, 0.25) is 0 Å². The van der Waals surface area contributed by atoms with E-state index < -0.39 is 6.29 Å². The van der Waals surface area contributed by atoms with Crippen molar-refractivity contribution in [3.8, 4) is 0 Å². The molecule has 0 saturated heterocycles. The minimum atomic E-state index is -0.453. The summed E-state index contributed by atoms with van der Waals surface area (Å²) < 4.78 is 10.7. The molecule has 0 unspecified atom stereocenters. The van der Waals surface area contributed by atoms with Crippen molar-refractivity contribution in [3.05, 3.63) is 60.0 Å². The maximum Gasteiger partial charge on any atom is 0.266 e. The molecule has 1 heterocycles. The molecule has 2 aromatic carbocycles. The maximum absolute atomic E-state index is 8.83. The van der Waals surface area contributed by atoms with Crippen molar-refractivity contribution in [3.63, 3.8) is 0 Å². The molecule has 0 fully saturated rings. The molecule has 96 valence electrons. The minimum Gasteiger partial charge on any atom is -0.455 e. The standard InChI is InChI=1S/C14H12N2O3/c15-13(16-17)11-5-6-12(14-18-7-8-19-14)10-4-2-1-3-9(10)11/h1-8,14,17H,(H2,15,16). The lowest BCUT2D eigenvalue weighted by atomic mass is 9.98. The number of hydrogen-bond acceptors (Lipinski definition) is 4. The van der Waals surface area contributed by atoms with E-state index >= 15 is 0 Å². The maximum atomic E-state index is 8.83. The van der Waals surface area contributed by atoms with E-state index in [0.29, 0.717) is 5.56 Å². The summed E-state index contributed by atoms with van der Waals surface area (Å²) in [5.74, 6) is 0.0779. The monoisotopic (exact) mass is 256 g/mol. The van der Waals surface area contributed by atoms with E-state index in [1.165, 1.54) is 12.5 Å². The van der Waals surface area contributed by atoms with Crippen LogP contribution in [0.2, 0.25) is 0 Å². The van der Waals surface area contributed by atoms with Gasteiger partial charge < -0.3 is 20.4 Å². The molecular weight excluding hydrogens is 244 g/mol. The summed E-state index contributed by atoms with van der Waals surface area (Å²) in [6, 6.07) is 11.3. The van der Waals surface area contributed by atoms with E-state index in [9.17, 15) is 0 Å². The first-order valence-electron chi connectivity index (χ1n) is 5.77. The second-order valence-corrected chi connectivity index (χ2v) is 4.11. The van der Waals surface area contributed by atoms with Crippen LogP contribution in [-0.4, -0.2) is 11.0 Å². The van der Waals surface area contributed by atoms with Gasteiger partial charge in [-0.25, -0.2) is 0 Å². The van der Waals surface area contributed by atoms with Crippen molar-refractivity contribution >= 4 is 16.6 Å². The molecule has 1 aliphatic heterocycles. The molecule has 0 radical (unpaired) electrons. The molecule has 3 N–H and O–H groups in total. The Balaban J connectivity index is 2.21.